The Morgan fingerprint density at radius 2 is 1.66 bits per heavy atom. The lowest BCUT2D eigenvalue weighted by molar-refractivity contribution is -0.144. The van der Waals surface area contributed by atoms with Crippen LogP contribution in [-0.2, 0) is 40.0 Å². The van der Waals surface area contributed by atoms with E-state index in [0.29, 0.717) is 24.0 Å². The molecule has 1 fully saturated rings. The van der Waals surface area contributed by atoms with Crippen LogP contribution in [0.2, 0.25) is 0 Å². The Kier molecular flexibility index (Phi) is 17.3. The number of nitrogens with one attached hydrogen (secondary N) is 6. The van der Waals surface area contributed by atoms with Gasteiger partial charge in [0.05, 0.1) is 12.1 Å². The summed E-state index contributed by atoms with van der Waals surface area (Å²) in [5.74, 6) is -6.93. The Hall–Kier alpha value is -6.79. The Morgan fingerprint density at radius 1 is 0.951 bits per heavy atom. The number of guanidine groups is 1. The Morgan fingerprint density at radius 3 is 2.33 bits per heavy atom. The minimum Gasteiger partial charge on any atom is -0.508 e. The molecule has 1 unspecified atom stereocenters. The molecule has 4 rings (SSSR count). The smallest absolute Gasteiger partial charge is 0.290 e. The van der Waals surface area contributed by atoms with Crippen molar-refractivity contribution in [3.05, 3.63) is 77.9 Å². The van der Waals surface area contributed by atoms with Gasteiger partial charge < -0.3 is 53.4 Å². The van der Waals surface area contributed by atoms with Crippen molar-refractivity contribution in [2.24, 2.45) is 22.4 Å². The molecule has 0 bridgehead atoms. The number of hydrogen-bond donors (Lipinski definition) is 9. The summed E-state index contributed by atoms with van der Waals surface area (Å²) < 4.78 is 0. The second kappa shape index (κ2) is 22.5. The zero-order chi connectivity index (χ0) is 44.6. The predicted molar refractivity (Wildman–Crippen MR) is 224 cm³/mol. The molecule has 7 amide bonds. The van der Waals surface area contributed by atoms with Gasteiger partial charge in [0, 0.05) is 31.3 Å². The standard InChI is InChI=1S/C42H56N10O9/c1-4-24(2)34-39(59)48-28(22-26-14-17-29(53)18-15-26)16-19-33(54)46-23-31(50-36(56)25(3)47-37(57)27-10-6-5-7-11-27)41(61)52-21-9-13-32(52)38(58)49-30(35(55)40(60)51-34)12-8-20-45-42(43)44/h5-7,10-11,14-19,24-25,28,30-32,34,53H,4,8-9,12-13,20-23H2,1-3H3,(H,46,54)(H,47,57)(H,48,59)(H,49,58)(H,50,56)(H,51,60)(H4,43,44,45)/b19-16+/t24-,25-,28+,30-,31-,32?,34+/m0/s1. The van der Waals surface area contributed by atoms with E-state index in [1.807, 2.05) is 0 Å². The van der Waals surface area contributed by atoms with Gasteiger partial charge in [-0.15, -0.1) is 0 Å². The van der Waals surface area contributed by atoms with Crippen LogP contribution in [0.3, 0.4) is 0 Å². The maximum absolute atomic E-state index is 14.3. The largest absolute Gasteiger partial charge is 0.508 e. The maximum Gasteiger partial charge on any atom is 0.290 e. The summed E-state index contributed by atoms with van der Waals surface area (Å²) in [6.07, 6.45) is 3.77. The van der Waals surface area contributed by atoms with Gasteiger partial charge in [0.25, 0.3) is 11.8 Å². The van der Waals surface area contributed by atoms with E-state index in [2.05, 4.69) is 36.9 Å². The topological polar surface area (TPSA) is 297 Å². The molecular formula is C42H56N10O9. The lowest BCUT2D eigenvalue weighted by Crippen LogP contribution is -2.60. The number of rotatable bonds is 12. The lowest BCUT2D eigenvalue weighted by atomic mass is 9.96. The number of fused-ring (bicyclic) bond motifs is 1. The highest BCUT2D eigenvalue weighted by molar-refractivity contribution is 6.38. The van der Waals surface area contributed by atoms with E-state index >= 15 is 0 Å². The van der Waals surface area contributed by atoms with Crippen molar-refractivity contribution >= 4 is 53.1 Å². The molecule has 2 aromatic rings. The summed E-state index contributed by atoms with van der Waals surface area (Å²) in [6.45, 7) is 4.67. The number of hydrogen-bond acceptors (Lipinski definition) is 10. The van der Waals surface area contributed by atoms with E-state index in [1.54, 1.807) is 56.3 Å². The summed E-state index contributed by atoms with van der Waals surface area (Å²) in [7, 11) is 0. The Bertz CT molecular complexity index is 1970. The fourth-order valence-electron chi connectivity index (χ4n) is 6.84. The molecule has 2 heterocycles. The van der Waals surface area contributed by atoms with E-state index < -0.39 is 95.8 Å². The van der Waals surface area contributed by atoms with Gasteiger partial charge in [0.2, 0.25) is 35.3 Å². The predicted octanol–water partition coefficient (Wildman–Crippen LogP) is -0.962. The molecule has 2 aromatic carbocycles. The number of amides is 7. The quantitative estimate of drug-likeness (QED) is 0.0543. The van der Waals surface area contributed by atoms with Crippen molar-refractivity contribution in [1.29, 1.82) is 0 Å². The zero-order valence-electron chi connectivity index (χ0n) is 34.5. The number of phenolic OH excluding ortho intramolecular Hbond substituents is 1. The summed E-state index contributed by atoms with van der Waals surface area (Å²) in [6, 6.07) is 7.20. The van der Waals surface area contributed by atoms with Gasteiger partial charge in [0.15, 0.2) is 5.96 Å². The molecule has 0 radical (unpaired) electrons. The monoisotopic (exact) mass is 844 g/mol. The molecule has 7 atom stereocenters. The lowest BCUT2D eigenvalue weighted by Gasteiger charge is -2.30. The van der Waals surface area contributed by atoms with Crippen molar-refractivity contribution in [2.75, 3.05) is 19.6 Å². The van der Waals surface area contributed by atoms with Gasteiger partial charge in [-0.1, -0.05) is 56.7 Å². The normalized spacial score (nSPS) is 23.3. The highest BCUT2D eigenvalue weighted by Gasteiger charge is 2.40. The van der Waals surface area contributed by atoms with Crippen molar-refractivity contribution in [3.8, 4) is 5.75 Å². The van der Waals surface area contributed by atoms with Gasteiger partial charge in [-0.25, -0.2) is 0 Å². The highest BCUT2D eigenvalue weighted by Crippen LogP contribution is 2.20. The van der Waals surface area contributed by atoms with Crippen LogP contribution in [0, 0.1) is 5.92 Å². The summed E-state index contributed by atoms with van der Waals surface area (Å²) in [5.41, 5.74) is 11.9. The van der Waals surface area contributed by atoms with E-state index in [-0.39, 0.29) is 50.5 Å². The fourth-order valence-corrected chi connectivity index (χ4v) is 6.84. The van der Waals surface area contributed by atoms with Crippen LogP contribution in [-0.4, -0.2) is 119 Å². The highest BCUT2D eigenvalue weighted by atomic mass is 16.3. The number of aromatic hydroxyl groups is 1. The number of aliphatic imine (C=N–C) groups is 1. The molecule has 2 aliphatic heterocycles. The number of carbonyl (C=O) groups is 8. The first-order valence-electron chi connectivity index (χ1n) is 20.3. The van der Waals surface area contributed by atoms with E-state index in [0.717, 1.165) is 6.08 Å². The molecule has 328 valence electrons. The number of ketones is 1. The third-order valence-corrected chi connectivity index (χ3v) is 10.5. The first kappa shape index (κ1) is 46.9. The summed E-state index contributed by atoms with van der Waals surface area (Å²) in [4.78, 5) is 115. The maximum atomic E-state index is 14.3. The molecule has 2 aliphatic rings. The first-order valence-corrected chi connectivity index (χ1v) is 20.3. The van der Waals surface area contributed by atoms with Crippen molar-refractivity contribution in [3.63, 3.8) is 0 Å². The van der Waals surface area contributed by atoms with Gasteiger partial charge >= 0.3 is 0 Å². The number of carbonyl (C=O) groups excluding carboxylic acids is 8. The van der Waals surface area contributed by atoms with Crippen LogP contribution in [0.5, 0.6) is 5.75 Å². The minimum atomic E-state index is -1.43. The Balaban J connectivity index is 1.70. The van der Waals surface area contributed by atoms with Crippen molar-refractivity contribution < 1.29 is 43.5 Å². The van der Waals surface area contributed by atoms with Crippen LogP contribution in [0.4, 0.5) is 0 Å². The van der Waals surface area contributed by atoms with Crippen molar-refractivity contribution in [1.82, 2.24) is 36.8 Å². The summed E-state index contributed by atoms with van der Waals surface area (Å²) >= 11 is 0. The zero-order valence-corrected chi connectivity index (χ0v) is 34.5. The van der Waals surface area contributed by atoms with E-state index in [4.69, 9.17) is 11.5 Å². The third kappa shape index (κ3) is 13.9. The molecule has 11 N–H and O–H groups in total. The molecule has 0 aromatic heterocycles. The SMILES string of the molecule is CC[C@H](C)[C@H]1NC(=O)C(=O)[C@H](CCCN=C(N)N)NC(=O)C2CCCN2C(=O)[C@@H](NC(=O)[C@H](C)NC(=O)c2ccccc2)CNC(=O)/C=C/[C@H](Cc2ccc(O)cc2)NC1=O. The molecule has 0 spiro atoms. The molecular weight excluding hydrogens is 789 g/mol. The van der Waals surface area contributed by atoms with Gasteiger partial charge in [-0.2, -0.15) is 0 Å². The van der Waals surface area contributed by atoms with Crippen LogP contribution in [0.1, 0.15) is 68.8 Å². The number of nitrogens with two attached hydrogens (primary N) is 2. The number of nitrogens with zero attached hydrogens (tertiary/aromatic N) is 2. The molecule has 0 aliphatic carbocycles. The summed E-state index contributed by atoms with van der Waals surface area (Å²) in [5, 5.41) is 25.7. The van der Waals surface area contributed by atoms with Crippen LogP contribution >= 0.6 is 0 Å². The first-order chi connectivity index (χ1) is 29.1. The second-order valence-corrected chi connectivity index (χ2v) is 15.1. The Labute approximate surface area is 353 Å². The number of Topliss-reactive ketones (excluding diaryl/α,β-unsaturated/α-hetero) is 1. The molecule has 19 heteroatoms. The number of phenols is 1. The van der Waals surface area contributed by atoms with E-state index in [9.17, 15) is 43.5 Å². The molecule has 61 heavy (non-hydrogen) atoms. The van der Waals surface area contributed by atoms with Crippen LogP contribution < -0.4 is 43.4 Å². The van der Waals surface area contributed by atoms with Crippen LogP contribution in [0.15, 0.2) is 71.7 Å². The number of benzene rings is 2. The average molecular weight is 845 g/mol. The molecule has 19 nitrogen and oxygen atoms in total. The van der Waals surface area contributed by atoms with E-state index in [1.165, 1.54) is 30.0 Å². The minimum absolute atomic E-state index is 0.0163. The second-order valence-electron chi connectivity index (χ2n) is 15.1. The van der Waals surface area contributed by atoms with Crippen molar-refractivity contribution in [2.45, 2.75) is 95.5 Å². The average Bonchev–Trinajstić information content (AvgIpc) is 3.74. The van der Waals surface area contributed by atoms with Gasteiger partial charge in [-0.3, -0.25) is 43.3 Å². The van der Waals surface area contributed by atoms with Gasteiger partial charge in [0.1, 0.15) is 29.9 Å². The van der Waals surface area contributed by atoms with Gasteiger partial charge in [-0.05, 0) is 74.8 Å². The third-order valence-electron chi connectivity index (χ3n) is 10.5. The molecule has 0 saturated carbocycles. The fraction of sp³-hybridized carbons (Fsp3) is 0.452. The molecule has 1 saturated heterocycles. The van der Waals surface area contributed by atoms with Crippen LogP contribution in [0.25, 0.3) is 0 Å².